The lowest BCUT2D eigenvalue weighted by molar-refractivity contribution is -0.124. The number of amides is 3. The molecule has 2 bridgehead atoms. The summed E-state index contributed by atoms with van der Waals surface area (Å²) in [7, 11) is 0.0261. The third-order valence-electron chi connectivity index (χ3n) is 12.8. The third-order valence-corrected chi connectivity index (χ3v) is 15.0. The van der Waals surface area contributed by atoms with Crippen LogP contribution in [-0.4, -0.2) is 86.0 Å². The maximum Gasteiger partial charge on any atom is 0.329 e. The summed E-state index contributed by atoms with van der Waals surface area (Å²) in [6, 6.07) is 11.2. The fraction of sp³-hybridized carbons (Fsp3) is 0.600. The molecule has 3 aliphatic heterocycles. The smallest absolute Gasteiger partial charge is 0.329 e. The second-order valence-corrected chi connectivity index (χ2v) is 18.9. The molecule has 2 aromatic rings. The van der Waals surface area contributed by atoms with Gasteiger partial charge in [-0.25, -0.2) is 9.00 Å². The van der Waals surface area contributed by atoms with E-state index in [4.69, 9.17) is 25.8 Å². The second kappa shape index (κ2) is 13.9. The monoisotopic (exact) mass is 750 g/mol. The van der Waals surface area contributed by atoms with Gasteiger partial charge in [-0.15, -0.1) is 4.36 Å². The van der Waals surface area contributed by atoms with E-state index < -0.39 is 21.9 Å². The molecule has 12 heteroatoms. The molecule has 3 aliphatic carbocycles. The molecule has 1 N–H and O–H groups in total. The van der Waals surface area contributed by atoms with Gasteiger partial charge in [-0.05, 0) is 111 Å². The lowest BCUT2D eigenvalue weighted by atomic mass is 9.62. The summed E-state index contributed by atoms with van der Waals surface area (Å²) in [5, 5.41) is 0.746. The van der Waals surface area contributed by atoms with E-state index in [9.17, 15) is 13.8 Å². The number of urea groups is 1. The third kappa shape index (κ3) is 6.75. The number of carbonyl (C=O) groups is 2. The number of hydrogen-bond donors (Lipinski definition) is 1. The first kappa shape index (κ1) is 35.9. The SMILES string of the molecule is COC1CC2(C1)CN(C(=O)NS1(=O)=NC(=O)c3ccc4c(c3)N(C[C@@H]3CC[C@H]3[C@@H](OC)/C=C\C[C@H](C)C1)C[C@@]1(CCCc3cc(Cl)ccc31)CO4)C2. The molecule has 10 nitrogen and oxygen atoms in total. The number of likely N-dealkylation sites (tertiary alicyclic amines) is 1. The largest absolute Gasteiger partial charge is 0.490 e. The van der Waals surface area contributed by atoms with Crippen molar-refractivity contribution in [2.75, 3.05) is 57.7 Å². The van der Waals surface area contributed by atoms with Crippen LogP contribution in [0.5, 0.6) is 5.75 Å². The highest BCUT2D eigenvalue weighted by Gasteiger charge is 2.54. The number of benzene rings is 2. The van der Waals surface area contributed by atoms with Crippen molar-refractivity contribution >= 4 is 39.1 Å². The molecule has 280 valence electrons. The van der Waals surface area contributed by atoms with Crippen molar-refractivity contribution in [3.8, 4) is 5.75 Å². The molecule has 2 aromatic carbocycles. The van der Waals surface area contributed by atoms with Gasteiger partial charge in [0.25, 0.3) is 5.91 Å². The van der Waals surface area contributed by atoms with Crippen molar-refractivity contribution in [2.45, 2.75) is 75.9 Å². The number of anilines is 1. The molecular weight excluding hydrogens is 700 g/mol. The van der Waals surface area contributed by atoms with E-state index in [-0.39, 0.29) is 34.7 Å². The highest BCUT2D eigenvalue weighted by Crippen LogP contribution is 2.50. The second-order valence-electron chi connectivity index (χ2n) is 16.5. The van der Waals surface area contributed by atoms with Crippen molar-refractivity contribution in [2.24, 2.45) is 27.5 Å². The summed E-state index contributed by atoms with van der Waals surface area (Å²) in [6.45, 7) is 5.19. The number of carbonyl (C=O) groups excluding carboxylic acids is 2. The van der Waals surface area contributed by atoms with Gasteiger partial charge >= 0.3 is 6.03 Å². The van der Waals surface area contributed by atoms with Crippen molar-refractivity contribution in [3.05, 3.63) is 70.3 Å². The zero-order valence-electron chi connectivity index (χ0n) is 30.5. The van der Waals surface area contributed by atoms with E-state index in [2.05, 4.69) is 38.3 Å². The van der Waals surface area contributed by atoms with Crippen molar-refractivity contribution < 1.29 is 28.0 Å². The fourth-order valence-electron chi connectivity index (χ4n) is 9.81. The highest BCUT2D eigenvalue weighted by atomic mass is 35.5. The van der Waals surface area contributed by atoms with Gasteiger partial charge in [-0.1, -0.05) is 36.7 Å². The summed E-state index contributed by atoms with van der Waals surface area (Å²) in [5.74, 6) is 0.798. The van der Waals surface area contributed by atoms with Crippen LogP contribution in [0.1, 0.15) is 73.4 Å². The molecule has 6 aliphatic rings. The lowest BCUT2D eigenvalue weighted by Gasteiger charge is -2.58. The Balaban J connectivity index is 1.14. The topological polar surface area (TPSA) is 110 Å². The van der Waals surface area contributed by atoms with Crippen LogP contribution in [0.3, 0.4) is 0 Å². The maximum atomic E-state index is 14.6. The summed E-state index contributed by atoms with van der Waals surface area (Å²) in [4.78, 5) is 31.6. The van der Waals surface area contributed by atoms with Crippen LogP contribution >= 0.6 is 11.6 Å². The van der Waals surface area contributed by atoms with Gasteiger partial charge in [-0.2, -0.15) is 0 Å². The number of nitrogens with one attached hydrogen (secondary N) is 1. The molecule has 0 aromatic heterocycles. The van der Waals surface area contributed by atoms with Crippen LogP contribution in [-0.2, 0) is 31.2 Å². The zero-order valence-corrected chi connectivity index (χ0v) is 32.1. The lowest BCUT2D eigenvalue weighted by Crippen LogP contribution is -2.67. The minimum Gasteiger partial charge on any atom is -0.490 e. The summed E-state index contributed by atoms with van der Waals surface area (Å²) >= 11 is 6.47. The van der Waals surface area contributed by atoms with E-state index in [1.807, 2.05) is 25.1 Å². The fourth-order valence-corrected chi connectivity index (χ4v) is 11.9. The average Bonchev–Trinajstić information content (AvgIpc) is 3.21. The van der Waals surface area contributed by atoms with Gasteiger partial charge in [0.15, 0.2) is 0 Å². The number of methoxy groups -OCH3 is 2. The molecule has 0 radical (unpaired) electrons. The Morgan fingerprint density at radius 1 is 1.10 bits per heavy atom. The first-order chi connectivity index (χ1) is 25.0. The molecule has 1 unspecified atom stereocenters. The van der Waals surface area contributed by atoms with Gasteiger partial charge in [0.1, 0.15) is 15.7 Å². The first-order valence-electron chi connectivity index (χ1n) is 18.9. The van der Waals surface area contributed by atoms with E-state index >= 15 is 0 Å². The van der Waals surface area contributed by atoms with Crippen LogP contribution in [0, 0.1) is 23.2 Å². The van der Waals surface area contributed by atoms with Crippen molar-refractivity contribution in [1.82, 2.24) is 9.62 Å². The van der Waals surface area contributed by atoms with Crippen LogP contribution in [0.4, 0.5) is 10.5 Å². The maximum absolute atomic E-state index is 14.6. The van der Waals surface area contributed by atoms with Crippen LogP contribution in [0.2, 0.25) is 5.02 Å². The Bertz CT molecular complexity index is 1880. The molecule has 2 saturated carbocycles. The molecule has 3 fully saturated rings. The minimum atomic E-state index is -3.47. The number of allylic oxidation sites excluding steroid dienone is 1. The average molecular weight is 751 g/mol. The quantitative estimate of drug-likeness (QED) is 0.344. The number of rotatable bonds is 3. The van der Waals surface area contributed by atoms with Gasteiger partial charge < -0.3 is 24.0 Å². The van der Waals surface area contributed by atoms with E-state index in [0.717, 1.165) is 74.5 Å². The van der Waals surface area contributed by atoms with Crippen LogP contribution < -0.4 is 14.4 Å². The normalized spacial score (nSPS) is 33.3. The Morgan fingerprint density at radius 2 is 1.92 bits per heavy atom. The number of aryl methyl sites for hydroxylation is 1. The first-order valence-corrected chi connectivity index (χ1v) is 20.9. The number of halogens is 1. The zero-order chi connectivity index (χ0) is 36.3. The Morgan fingerprint density at radius 3 is 2.67 bits per heavy atom. The number of nitrogens with zero attached hydrogens (tertiary/aromatic N) is 3. The summed E-state index contributed by atoms with van der Waals surface area (Å²) in [5.41, 5.74) is 3.54. The summed E-state index contributed by atoms with van der Waals surface area (Å²) in [6.07, 6.45) is 12.1. The molecule has 3 amide bonds. The molecule has 52 heavy (non-hydrogen) atoms. The Labute approximate surface area is 312 Å². The molecule has 6 atom stereocenters. The molecule has 2 spiro atoms. The number of hydrogen-bond acceptors (Lipinski definition) is 7. The molecule has 8 rings (SSSR count). The van der Waals surface area contributed by atoms with Crippen molar-refractivity contribution in [3.63, 3.8) is 0 Å². The Hall–Kier alpha value is -3.12. The van der Waals surface area contributed by atoms with Crippen LogP contribution in [0.15, 0.2) is 52.9 Å². The van der Waals surface area contributed by atoms with Gasteiger partial charge in [0, 0.05) is 61.8 Å². The van der Waals surface area contributed by atoms with Gasteiger partial charge in [-0.3, -0.25) is 9.52 Å². The molecule has 1 saturated heterocycles. The molecular formula is C40H51ClN4O6S. The minimum absolute atomic E-state index is 0.0438. The highest BCUT2D eigenvalue weighted by molar-refractivity contribution is 7.92. The standard InChI is InChI=1S/C40H51ClN4O6S/c1-26-6-4-8-35(50-3)32-12-9-29(32)20-44-24-40(15-5-7-27-16-30(41)11-13-33(27)40)25-51-36-14-10-28(17-34(36)44)37(46)42-52(48,21-26)43-38(47)45-22-39(23-45)18-31(19-39)49-2/h4,8,10-11,13-14,16-17,26,29,31-32,35H,5-7,9,12,15,18-25H2,1-3H3,(H,42,43,46,47,48)/b8-4-/t26-,29-,32+,35-,40-,52?/m0/s1. The Kier molecular flexibility index (Phi) is 9.62. The summed E-state index contributed by atoms with van der Waals surface area (Å²) < 4.78 is 39.9. The number of ether oxygens (including phenoxy) is 3. The van der Waals surface area contributed by atoms with Gasteiger partial charge in [0.05, 0.1) is 30.3 Å². The van der Waals surface area contributed by atoms with Crippen molar-refractivity contribution in [1.29, 1.82) is 0 Å². The predicted octanol–water partition coefficient (Wildman–Crippen LogP) is 6.79. The number of fused-ring (bicyclic) bond motifs is 4. The van der Waals surface area contributed by atoms with Gasteiger partial charge in [0.2, 0.25) is 0 Å². The van der Waals surface area contributed by atoms with Crippen LogP contribution in [0.25, 0.3) is 0 Å². The molecule has 3 heterocycles. The van der Waals surface area contributed by atoms with E-state index in [1.165, 1.54) is 11.1 Å². The predicted molar refractivity (Wildman–Crippen MR) is 202 cm³/mol. The van der Waals surface area contributed by atoms with E-state index in [0.29, 0.717) is 43.5 Å². The van der Waals surface area contributed by atoms with E-state index in [1.54, 1.807) is 25.2 Å².